The summed E-state index contributed by atoms with van der Waals surface area (Å²) in [6, 6.07) is 17.4. The smallest absolute Gasteiger partial charge is 0.408 e. The Morgan fingerprint density at radius 1 is 0.974 bits per heavy atom. The molecule has 39 heavy (non-hydrogen) atoms. The molecule has 1 unspecified atom stereocenters. The number of phenolic OH excluding ortho intramolecular Hbond substituents is 1. The predicted octanol–water partition coefficient (Wildman–Crippen LogP) is 6.08. The number of hydrogen-bond acceptors (Lipinski definition) is 5. The van der Waals surface area contributed by atoms with Gasteiger partial charge >= 0.3 is 6.09 Å². The molecule has 0 heterocycles. The molecule has 0 aliphatic rings. The minimum Gasteiger partial charge on any atom is -0.507 e. The number of fused-ring (bicyclic) bond motifs is 1. The van der Waals surface area contributed by atoms with Gasteiger partial charge in [-0.1, -0.05) is 68.3 Å². The molecule has 0 radical (unpaired) electrons. The molecule has 3 amide bonds. The van der Waals surface area contributed by atoms with E-state index in [1.54, 1.807) is 52.0 Å². The first-order valence-corrected chi connectivity index (χ1v) is 13.3. The Morgan fingerprint density at radius 3 is 2.38 bits per heavy atom. The molecule has 0 bridgehead atoms. The molecule has 3 aromatic rings. The predicted molar refractivity (Wildman–Crippen MR) is 154 cm³/mol. The Hall–Kier alpha value is -4.07. The van der Waals surface area contributed by atoms with Gasteiger partial charge in [-0.15, -0.1) is 0 Å². The number of para-hydroxylation sites is 1. The Labute approximate surface area is 230 Å². The fourth-order valence-corrected chi connectivity index (χ4v) is 4.32. The number of phenols is 1. The average molecular weight is 534 g/mol. The highest BCUT2D eigenvalue weighted by atomic mass is 16.6. The maximum Gasteiger partial charge on any atom is 0.408 e. The Kier molecular flexibility index (Phi) is 9.93. The average Bonchev–Trinajstić information content (AvgIpc) is 2.88. The highest BCUT2D eigenvalue weighted by Crippen LogP contribution is 2.33. The molecule has 3 N–H and O–H groups in total. The lowest BCUT2D eigenvalue weighted by Gasteiger charge is -2.32. The topological polar surface area (TPSA) is 108 Å². The van der Waals surface area contributed by atoms with Gasteiger partial charge in [0.2, 0.25) is 5.91 Å². The second-order valence-corrected chi connectivity index (χ2v) is 10.6. The normalized spacial score (nSPS) is 12.0. The van der Waals surface area contributed by atoms with Crippen molar-refractivity contribution in [2.75, 3.05) is 18.4 Å². The number of hydrogen-bond donors (Lipinski definition) is 3. The largest absolute Gasteiger partial charge is 0.507 e. The molecule has 8 heteroatoms. The SMILES string of the molecule is CCCCCN(C(=O)CNC(=O)OC(C)(C)C)C(C(=O)Nc1ccc2ccccc2c1)c1cccc(C)c1O. The standard InChI is InChI=1S/C31H39N3O5/c1-6-7-10-18-34(26(35)20-32-30(38)39-31(3,4)5)27(25-15-11-12-21(2)28(25)36)29(37)33-24-17-16-22-13-8-9-14-23(22)19-24/h8-9,11-17,19,27,36H,6-7,10,18,20H2,1-5H3,(H,32,38)(H,33,37). The van der Waals surface area contributed by atoms with E-state index in [-0.39, 0.29) is 18.8 Å². The third-order valence-corrected chi connectivity index (χ3v) is 6.25. The molecular formula is C31H39N3O5. The lowest BCUT2D eigenvalue weighted by Crippen LogP contribution is -2.47. The number of unbranched alkanes of at least 4 members (excludes halogenated alkanes) is 2. The van der Waals surface area contributed by atoms with E-state index in [0.717, 1.165) is 23.6 Å². The van der Waals surface area contributed by atoms with Crippen LogP contribution < -0.4 is 10.6 Å². The van der Waals surface area contributed by atoms with E-state index in [2.05, 4.69) is 10.6 Å². The van der Waals surface area contributed by atoms with Gasteiger partial charge in [-0.25, -0.2) is 4.79 Å². The second-order valence-electron chi connectivity index (χ2n) is 10.6. The van der Waals surface area contributed by atoms with E-state index >= 15 is 0 Å². The van der Waals surface area contributed by atoms with Crippen LogP contribution in [0.1, 0.15) is 64.1 Å². The number of nitrogens with one attached hydrogen (secondary N) is 2. The van der Waals surface area contributed by atoms with E-state index in [0.29, 0.717) is 23.2 Å². The molecule has 3 rings (SSSR count). The molecule has 0 saturated heterocycles. The van der Waals surface area contributed by atoms with Crippen molar-refractivity contribution in [2.24, 2.45) is 0 Å². The lowest BCUT2D eigenvalue weighted by molar-refractivity contribution is -0.138. The van der Waals surface area contributed by atoms with Crippen LogP contribution in [0.15, 0.2) is 60.7 Å². The minimum atomic E-state index is -1.12. The number of anilines is 1. The fraction of sp³-hybridized carbons (Fsp3) is 0.387. The van der Waals surface area contributed by atoms with Crippen LogP contribution in [0.4, 0.5) is 10.5 Å². The quantitative estimate of drug-likeness (QED) is 0.274. The van der Waals surface area contributed by atoms with Crippen LogP contribution in [0.2, 0.25) is 0 Å². The Bertz CT molecular complexity index is 1320. The summed E-state index contributed by atoms with van der Waals surface area (Å²) in [6.07, 6.45) is 1.70. The summed E-state index contributed by atoms with van der Waals surface area (Å²) in [5, 5.41) is 18.4. The molecule has 3 aromatic carbocycles. The number of alkyl carbamates (subject to hydrolysis) is 1. The van der Waals surface area contributed by atoms with Crippen molar-refractivity contribution < 1.29 is 24.2 Å². The van der Waals surface area contributed by atoms with Crippen molar-refractivity contribution in [3.63, 3.8) is 0 Å². The van der Waals surface area contributed by atoms with Crippen molar-refractivity contribution in [1.29, 1.82) is 0 Å². The molecule has 0 fully saturated rings. The van der Waals surface area contributed by atoms with Crippen molar-refractivity contribution in [2.45, 2.75) is 65.5 Å². The summed E-state index contributed by atoms with van der Waals surface area (Å²) < 4.78 is 5.27. The van der Waals surface area contributed by atoms with Crippen molar-refractivity contribution >= 4 is 34.4 Å². The van der Waals surface area contributed by atoms with Crippen LogP contribution in [0.5, 0.6) is 5.75 Å². The molecule has 8 nitrogen and oxygen atoms in total. The van der Waals surface area contributed by atoms with Gasteiger partial charge in [-0.2, -0.15) is 0 Å². The number of aryl methyl sites for hydroxylation is 1. The third kappa shape index (κ3) is 8.21. The van der Waals surface area contributed by atoms with Crippen molar-refractivity contribution in [3.05, 3.63) is 71.8 Å². The van der Waals surface area contributed by atoms with Crippen molar-refractivity contribution in [3.8, 4) is 5.75 Å². The van der Waals surface area contributed by atoms with Crippen molar-refractivity contribution in [1.82, 2.24) is 10.2 Å². The van der Waals surface area contributed by atoms with E-state index in [1.165, 1.54) is 4.90 Å². The highest BCUT2D eigenvalue weighted by molar-refractivity contribution is 6.00. The van der Waals surface area contributed by atoms with Gasteiger partial charge in [0, 0.05) is 17.8 Å². The number of rotatable bonds is 10. The number of ether oxygens (including phenoxy) is 1. The molecule has 0 spiro atoms. The van der Waals surface area contributed by atoms with Crippen LogP contribution in [0.25, 0.3) is 10.8 Å². The number of carbonyl (C=O) groups is 3. The Balaban J connectivity index is 1.95. The van der Waals surface area contributed by atoms with Gasteiger partial charge in [0.25, 0.3) is 5.91 Å². The summed E-state index contributed by atoms with van der Waals surface area (Å²) >= 11 is 0. The van der Waals surface area contributed by atoms with E-state index < -0.39 is 29.6 Å². The zero-order chi connectivity index (χ0) is 28.6. The number of amides is 3. The molecule has 0 aliphatic carbocycles. The lowest BCUT2D eigenvalue weighted by atomic mass is 9.99. The van der Waals surface area contributed by atoms with E-state index in [1.807, 2.05) is 43.3 Å². The first-order chi connectivity index (χ1) is 18.5. The fourth-order valence-electron chi connectivity index (χ4n) is 4.32. The number of nitrogens with zero attached hydrogens (tertiary/aromatic N) is 1. The van der Waals surface area contributed by atoms with Crippen LogP contribution >= 0.6 is 0 Å². The zero-order valence-electron chi connectivity index (χ0n) is 23.4. The maximum atomic E-state index is 13.9. The van der Waals surface area contributed by atoms with E-state index in [4.69, 9.17) is 4.74 Å². The van der Waals surface area contributed by atoms with E-state index in [9.17, 15) is 19.5 Å². The van der Waals surface area contributed by atoms with Gasteiger partial charge in [-0.3, -0.25) is 9.59 Å². The monoisotopic (exact) mass is 533 g/mol. The van der Waals surface area contributed by atoms with Gasteiger partial charge in [0.15, 0.2) is 0 Å². The Morgan fingerprint density at radius 2 is 1.69 bits per heavy atom. The van der Waals surface area contributed by atoms with Gasteiger partial charge in [-0.05, 0) is 62.6 Å². The second kappa shape index (κ2) is 13.1. The molecule has 208 valence electrons. The number of carbonyl (C=O) groups excluding carboxylic acids is 3. The molecule has 0 saturated carbocycles. The third-order valence-electron chi connectivity index (χ3n) is 6.25. The molecular weight excluding hydrogens is 494 g/mol. The maximum absolute atomic E-state index is 13.9. The molecule has 0 aliphatic heterocycles. The highest BCUT2D eigenvalue weighted by Gasteiger charge is 2.34. The molecule has 0 aromatic heterocycles. The summed E-state index contributed by atoms with van der Waals surface area (Å²) in [7, 11) is 0. The number of aromatic hydroxyl groups is 1. The summed E-state index contributed by atoms with van der Waals surface area (Å²) in [5.41, 5.74) is 0.756. The summed E-state index contributed by atoms with van der Waals surface area (Å²) in [5.74, 6) is -0.977. The van der Waals surface area contributed by atoms with Gasteiger partial charge in [0.1, 0.15) is 23.9 Å². The van der Waals surface area contributed by atoms with Crippen LogP contribution in [-0.2, 0) is 14.3 Å². The first-order valence-electron chi connectivity index (χ1n) is 13.3. The summed E-state index contributed by atoms with van der Waals surface area (Å²) in [6.45, 7) is 8.91. The van der Waals surface area contributed by atoms with Crippen LogP contribution in [-0.4, -0.2) is 46.6 Å². The number of benzene rings is 3. The van der Waals surface area contributed by atoms with Gasteiger partial charge < -0.3 is 25.4 Å². The molecule has 1 atom stereocenters. The van der Waals surface area contributed by atoms with Crippen LogP contribution in [0, 0.1) is 6.92 Å². The summed E-state index contributed by atoms with van der Waals surface area (Å²) in [4.78, 5) is 41.1. The van der Waals surface area contributed by atoms with Gasteiger partial charge in [0.05, 0.1) is 0 Å². The zero-order valence-corrected chi connectivity index (χ0v) is 23.4. The van der Waals surface area contributed by atoms with Crippen LogP contribution in [0.3, 0.4) is 0 Å². The minimum absolute atomic E-state index is 0.0513. The first kappa shape index (κ1) is 29.5.